The van der Waals surface area contributed by atoms with Gasteiger partial charge in [0.2, 0.25) is 5.95 Å². The van der Waals surface area contributed by atoms with Crippen molar-refractivity contribution in [3.05, 3.63) is 18.0 Å². The number of nitrogens with zero attached hydrogens (tertiary/aromatic N) is 3. The highest BCUT2D eigenvalue weighted by Crippen LogP contribution is 2.08. The van der Waals surface area contributed by atoms with Crippen LogP contribution in [0.25, 0.3) is 0 Å². The lowest BCUT2D eigenvalue weighted by Gasteiger charge is -2.22. The van der Waals surface area contributed by atoms with Crippen molar-refractivity contribution in [1.29, 1.82) is 0 Å². The number of ether oxygens (including phenoxy) is 1. The minimum atomic E-state index is 0.104. The second kappa shape index (κ2) is 7.40. The molecule has 1 aromatic rings. The highest BCUT2D eigenvalue weighted by molar-refractivity contribution is 5.29. The molecular formula is C14H26N4O. The summed E-state index contributed by atoms with van der Waals surface area (Å²) in [5, 5.41) is 3.42. The molecule has 0 saturated heterocycles. The lowest BCUT2D eigenvalue weighted by molar-refractivity contribution is 0.205. The Morgan fingerprint density at radius 1 is 1.26 bits per heavy atom. The summed E-state index contributed by atoms with van der Waals surface area (Å²) in [6.45, 7) is 11.7. The Balaban J connectivity index is 2.59. The van der Waals surface area contributed by atoms with Crippen LogP contribution < -0.4 is 10.2 Å². The van der Waals surface area contributed by atoms with E-state index in [0.29, 0.717) is 6.61 Å². The van der Waals surface area contributed by atoms with Gasteiger partial charge >= 0.3 is 0 Å². The molecule has 5 nitrogen and oxygen atoms in total. The fourth-order valence-electron chi connectivity index (χ4n) is 1.57. The van der Waals surface area contributed by atoms with Crippen LogP contribution >= 0.6 is 0 Å². The lowest BCUT2D eigenvalue weighted by Crippen LogP contribution is -2.35. The Morgan fingerprint density at radius 2 is 1.89 bits per heavy atom. The van der Waals surface area contributed by atoms with Crippen LogP contribution in [0.1, 0.15) is 33.3 Å². The van der Waals surface area contributed by atoms with Gasteiger partial charge in [0.15, 0.2) is 0 Å². The van der Waals surface area contributed by atoms with Gasteiger partial charge in [0.1, 0.15) is 0 Å². The molecule has 1 rings (SSSR count). The molecule has 1 N–H and O–H groups in total. The van der Waals surface area contributed by atoms with Crippen LogP contribution in [0.15, 0.2) is 12.4 Å². The first-order valence-electron chi connectivity index (χ1n) is 6.76. The average molecular weight is 266 g/mol. The summed E-state index contributed by atoms with van der Waals surface area (Å²) in [5.41, 5.74) is 1.20. The fraction of sp³-hybridized carbons (Fsp3) is 0.714. The van der Waals surface area contributed by atoms with Crippen molar-refractivity contribution in [2.75, 3.05) is 31.7 Å². The number of rotatable bonds is 7. The monoisotopic (exact) mass is 266 g/mol. The summed E-state index contributed by atoms with van der Waals surface area (Å²) in [6.07, 6.45) is 3.77. The molecule has 0 bridgehead atoms. The third kappa shape index (κ3) is 5.98. The van der Waals surface area contributed by atoms with Crippen molar-refractivity contribution >= 4 is 5.95 Å². The molecule has 0 aliphatic carbocycles. The van der Waals surface area contributed by atoms with Crippen LogP contribution in [0.5, 0.6) is 0 Å². The van der Waals surface area contributed by atoms with Gasteiger partial charge < -0.3 is 15.0 Å². The van der Waals surface area contributed by atoms with Crippen molar-refractivity contribution in [3.8, 4) is 0 Å². The van der Waals surface area contributed by atoms with Crippen molar-refractivity contribution < 1.29 is 4.74 Å². The highest BCUT2D eigenvalue weighted by Gasteiger charge is 2.10. The zero-order chi connectivity index (χ0) is 14.3. The summed E-state index contributed by atoms with van der Waals surface area (Å²) in [7, 11) is 1.70. The van der Waals surface area contributed by atoms with Gasteiger partial charge in [0.25, 0.3) is 0 Å². The molecule has 0 saturated carbocycles. The van der Waals surface area contributed by atoms with E-state index in [1.54, 1.807) is 7.11 Å². The number of methoxy groups -OCH3 is 1. The van der Waals surface area contributed by atoms with Crippen molar-refractivity contribution in [2.45, 2.75) is 39.8 Å². The van der Waals surface area contributed by atoms with Crippen molar-refractivity contribution in [3.63, 3.8) is 0 Å². The predicted molar refractivity (Wildman–Crippen MR) is 78.4 cm³/mol. The zero-order valence-electron chi connectivity index (χ0n) is 12.7. The molecule has 5 heteroatoms. The summed E-state index contributed by atoms with van der Waals surface area (Å²) in [4.78, 5) is 10.9. The number of anilines is 1. The van der Waals surface area contributed by atoms with E-state index in [0.717, 1.165) is 31.1 Å². The molecule has 0 unspecified atom stereocenters. The number of aromatic nitrogens is 2. The first-order chi connectivity index (χ1) is 8.96. The minimum absolute atomic E-state index is 0.104. The van der Waals surface area contributed by atoms with Gasteiger partial charge in [-0.15, -0.1) is 0 Å². The molecule has 0 fully saturated rings. The summed E-state index contributed by atoms with van der Waals surface area (Å²) in [5.74, 6) is 0.763. The number of likely N-dealkylation sites (N-methyl/N-ethyl adjacent to an activating group) is 1. The van der Waals surface area contributed by atoms with Crippen LogP contribution in [-0.4, -0.2) is 42.3 Å². The maximum absolute atomic E-state index is 5.09. The molecule has 1 aromatic heterocycles. The molecule has 0 aliphatic heterocycles. The van der Waals surface area contributed by atoms with Crippen LogP contribution in [0.2, 0.25) is 0 Å². The van der Waals surface area contributed by atoms with Crippen molar-refractivity contribution in [1.82, 2.24) is 15.3 Å². The average Bonchev–Trinajstić information content (AvgIpc) is 2.38. The van der Waals surface area contributed by atoms with E-state index in [-0.39, 0.29) is 5.54 Å². The van der Waals surface area contributed by atoms with E-state index in [1.165, 1.54) is 0 Å². The quantitative estimate of drug-likeness (QED) is 0.816. The van der Waals surface area contributed by atoms with Gasteiger partial charge in [-0.05, 0) is 27.7 Å². The van der Waals surface area contributed by atoms with Gasteiger partial charge in [0.05, 0.1) is 6.61 Å². The molecule has 1 heterocycles. The Morgan fingerprint density at radius 3 is 2.37 bits per heavy atom. The Bertz CT molecular complexity index is 359. The smallest absolute Gasteiger partial charge is 0.225 e. The number of nitrogens with one attached hydrogen (secondary N) is 1. The standard InChI is InChI=1S/C14H26N4O/c1-6-18(7-8-19-5)13-15-9-12(10-16-13)11-17-14(2,3)4/h9-10,17H,6-8,11H2,1-5H3. The minimum Gasteiger partial charge on any atom is -0.383 e. The second-order valence-electron chi connectivity index (χ2n) is 5.57. The number of hydrogen-bond acceptors (Lipinski definition) is 5. The van der Waals surface area contributed by atoms with E-state index in [2.05, 4.69) is 47.9 Å². The summed E-state index contributed by atoms with van der Waals surface area (Å²) >= 11 is 0. The van der Waals surface area contributed by atoms with E-state index in [4.69, 9.17) is 4.74 Å². The van der Waals surface area contributed by atoms with Gasteiger partial charge in [-0.3, -0.25) is 0 Å². The third-order valence-electron chi connectivity index (χ3n) is 2.74. The van der Waals surface area contributed by atoms with Gasteiger partial charge in [-0.25, -0.2) is 9.97 Å². The molecule has 19 heavy (non-hydrogen) atoms. The Hall–Kier alpha value is -1.20. The first kappa shape index (κ1) is 15.9. The van der Waals surface area contributed by atoms with Crippen LogP contribution in [0, 0.1) is 0 Å². The molecule has 0 radical (unpaired) electrons. The molecule has 0 amide bonds. The second-order valence-corrected chi connectivity index (χ2v) is 5.57. The normalized spacial score (nSPS) is 11.6. The summed E-state index contributed by atoms with van der Waals surface area (Å²) < 4.78 is 5.09. The van der Waals surface area contributed by atoms with Gasteiger partial charge in [-0.2, -0.15) is 0 Å². The zero-order valence-corrected chi connectivity index (χ0v) is 12.7. The summed E-state index contributed by atoms with van der Waals surface area (Å²) in [6, 6.07) is 0. The van der Waals surface area contributed by atoms with E-state index >= 15 is 0 Å². The van der Waals surface area contributed by atoms with Crippen LogP contribution in [0.4, 0.5) is 5.95 Å². The van der Waals surface area contributed by atoms with E-state index in [1.807, 2.05) is 12.4 Å². The van der Waals surface area contributed by atoms with Crippen molar-refractivity contribution in [2.24, 2.45) is 0 Å². The highest BCUT2D eigenvalue weighted by atomic mass is 16.5. The maximum atomic E-state index is 5.09. The molecule has 0 aromatic carbocycles. The van der Waals surface area contributed by atoms with E-state index in [9.17, 15) is 0 Å². The third-order valence-corrected chi connectivity index (χ3v) is 2.74. The first-order valence-corrected chi connectivity index (χ1v) is 6.76. The van der Waals surface area contributed by atoms with E-state index < -0.39 is 0 Å². The molecule has 108 valence electrons. The molecular weight excluding hydrogens is 240 g/mol. The lowest BCUT2D eigenvalue weighted by atomic mass is 10.1. The van der Waals surface area contributed by atoms with Crippen LogP contribution in [-0.2, 0) is 11.3 Å². The molecule has 0 aliphatic rings. The van der Waals surface area contributed by atoms with Gasteiger partial charge in [-0.1, -0.05) is 0 Å². The largest absolute Gasteiger partial charge is 0.383 e. The molecule has 0 spiro atoms. The fourth-order valence-corrected chi connectivity index (χ4v) is 1.57. The predicted octanol–water partition coefficient (Wildman–Crippen LogP) is 1.84. The SMILES string of the molecule is CCN(CCOC)c1ncc(CNC(C)(C)C)cn1. The van der Waals surface area contributed by atoms with Gasteiger partial charge in [0, 0.05) is 50.2 Å². The van der Waals surface area contributed by atoms with Crippen LogP contribution in [0.3, 0.4) is 0 Å². The topological polar surface area (TPSA) is 50.3 Å². The number of hydrogen-bond donors (Lipinski definition) is 1. The maximum Gasteiger partial charge on any atom is 0.225 e. The molecule has 0 atom stereocenters. The Labute approximate surface area is 116 Å². The Kier molecular flexibility index (Phi) is 6.18.